The van der Waals surface area contributed by atoms with Crippen LogP contribution in [0.3, 0.4) is 0 Å². The molecule has 38 heavy (non-hydrogen) atoms. The number of hydrogen-bond donors (Lipinski definition) is 3. The van der Waals surface area contributed by atoms with E-state index in [-0.39, 0.29) is 23.6 Å². The summed E-state index contributed by atoms with van der Waals surface area (Å²) in [7, 11) is 0. The molecular weight excluding hydrogens is 489 g/mol. The number of phenols is 1. The molecule has 0 spiro atoms. The summed E-state index contributed by atoms with van der Waals surface area (Å²) < 4.78 is 20.8. The second kappa shape index (κ2) is 9.85. The number of urea groups is 1. The maximum absolute atomic E-state index is 13.5. The molecule has 11 heteroatoms. The van der Waals surface area contributed by atoms with Crippen LogP contribution < -0.4 is 10.6 Å². The number of halogens is 1. The number of phenolic OH excluding ortho intramolecular Hbond substituents is 1. The normalized spacial score (nSPS) is 15.5. The Balaban J connectivity index is 1.21. The Kier molecular flexibility index (Phi) is 6.08. The maximum atomic E-state index is 13.5. The average molecular weight is 514 g/mol. The molecule has 4 heterocycles. The Morgan fingerprint density at radius 2 is 1.89 bits per heavy atom. The molecule has 6 rings (SSSR count). The van der Waals surface area contributed by atoms with Gasteiger partial charge in [-0.05, 0) is 67.4 Å². The van der Waals surface area contributed by atoms with Gasteiger partial charge in [0, 0.05) is 42.8 Å². The SMILES string of the molecule is O=C(Nc1ccc(O)cc1)N1CCC[C@@H](Nc2nccc(-c3c(-c4ccc(F)cc4)nc4occn34)n2)C1. The topological polar surface area (TPSA) is 121 Å². The van der Waals surface area contributed by atoms with Gasteiger partial charge in [0.15, 0.2) is 0 Å². The monoisotopic (exact) mass is 513 g/mol. The highest BCUT2D eigenvalue weighted by Crippen LogP contribution is 2.32. The molecule has 1 aliphatic heterocycles. The third-order valence-electron chi connectivity index (χ3n) is 6.44. The van der Waals surface area contributed by atoms with Crippen molar-refractivity contribution in [3.63, 3.8) is 0 Å². The zero-order valence-corrected chi connectivity index (χ0v) is 20.2. The number of nitrogens with one attached hydrogen (secondary N) is 2. The van der Waals surface area contributed by atoms with Gasteiger partial charge in [-0.2, -0.15) is 4.98 Å². The first kappa shape index (κ1) is 23.5. The minimum atomic E-state index is -0.329. The van der Waals surface area contributed by atoms with E-state index in [0.29, 0.717) is 47.7 Å². The van der Waals surface area contributed by atoms with Crippen LogP contribution >= 0.6 is 0 Å². The van der Waals surface area contributed by atoms with Crippen LogP contribution in [-0.4, -0.2) is 54.5 Å². The van der Waals surface area contributed by atoms with E-state index in [1.807, 2.05) is 0 Å². The number of amides is 2. The molecule has 5 aromatic rings. The maximum Gasteiger partial charge on any atom is 0.321 e. The lowest BCUT2D eigenvalue weighted by Crippen LogP contribution is -2.47. The number of hydrogen-bond acceptors (Lipinski definition) is 7. The number of aromatic nitrogens is 4. The lowest BCUT2D eigenvalue weighted by Gasteiger charge is -2.33. The van der Waals surface area contributed by atoms with Gasteiger partial charge in [-0.3, -0.25) is 4.40 Å². The summed E-state index contributed by atoms with van der Waals surface area (Å²) in [5, 5.41) is 15.7. The molecule has 1 fully saturated rings. The van der Waals surface area contributed by atoms with Crippen molar-refractivity contribution >= 4 is 23.5 Å². The molecule has 3 N–H and O–H groups in total. The second-order valence-electron chi connectivity index (χ2n) is 9.04. The van der Waals surface area contributed by atoms with Crippen LogP contribution in [0.2, 0.25) is 0 Å². The van der Waals surface area contributed by atoms with Crippen LogP contribution in [-0.2, 0) is 0 Å². The van der Waals surface area contributed by atoms with E-state index in [1.54, 1.807) is 58.3 Å². The van der Waals surface area contributed by atoms with E-state index < -0.39 is 0 Å². The number of nitrogens with zero attached hydrogens (tertiary/aromatic N) is 5. The summed E-state index contributed by atoms with van der Waals surface area (Å²) >= 11 is 0. The van der Waals surface area contributed by atoms with Crippen LogP contribution in [0.5, 0.6) is 5.75 Å². The Hall–Kier alpha value is -4.93. The van der Waals surface area contributed by atoms with Gasteiger partial charge in [0.05, 0.1) is 5.69 Å². The largest absolute Gasteiger partial charge is 0.508 e. The first-order chi connectivity index (χ1) is 18.5. The van der Waals surface area contributed by atoms with E-state index in [1.165, 1.54) is 24.3 Å². The second-order valence-corrected chi connectivity index (χ2v) is 9.04. The van der Waals surface area contributed by atoms with E-state index in [0.717, 1.165) is 18.4 Å². The van der Waals surface area contributed by atoms with Gasteiger partial charge in [-0.15, -0.1) is 0 Å². The van der Waals surface area contributed by atoms with Crippen molar-refractivity contribution in [2.24, 2.45) is 0 Å². The van der Waals surface area contributed by atoms with Gasteiger partial charge in [0.2, 0.25) is 5.95 Å². The predicted molar refractivity (Wildman–Crippen MR) is 139 cm³/mol. The van der Waals surface area contributed by atoms with Crippen molar-refractivity contribution in [2.45, 2.75) is 18.9 Å². The number of anilines is 2. The van der Waals surface area contributed by atoms with E-state index in [4.69, 9.17) is 9.40 Å². The standard InChI is InChI=1S/C27H24FN7O3/c28-18-5-3-17(4-6-18)23-24(35-14-15-38-27(35)33-23)22-11-12-29-25(32-22)30-20-2-1-13-34(16-20)26(37)31-19-7-9-21(36)10-8-19/h3-12,14-15,20,36H,1-2,13,16H2,(H,31,37)(H,29,30,32)/t20-/m1/s1. The highest BCUT2D eigenvalue weighted by Gasteiger charge is 2.25. The number of piperidine rings is 1. The van der Waals surface area contributed by atoms with Gasteiger partial charge in [-0.1, -0.05) is 0 Å². The summed E-state index contributed by atoms with van der Waals surface area (Å²) in [5.74, 6) is 0.637. The number of carbonyl (C=O) groups excluding carboxylic acids is 1. The Morgan fingerprint density at radius 3 is 2.71 bits per heavy atom. The molecule has 0 aliphatic carbocycles. The first-order valence-electron chi connectivity index (χ1n) is 12.2. The molecule has 0 unspecified atom stereocenters. The highest BCUT2D eigenvalue weighted by molar-refractivity contribution is 5.89. The van der Waals surface area contributed by atoms with Gasteiger partial charge < -0.3 is 25.1 Å². The minimum absolute atomic E-state index is 0.0412. The van der Waals surface area contributed by atoms with Crippen molar-refractivity contribution in [3.8, 4) is 28.4 Å². The molecule has 1 saturated heterocycles. The zero-order chi connectivity index (χ0) is 26.1. The molecule has 1 atom stereocenters. The van der Waals surface area contributed by atoms with Crippen LogP contribution in [0.4, 0.5) is 20.8 Å². The molecule has 1 aliphatic rings. The molecule has 192 valence electrons. The van der Waals surface area contributed by atoms with Crippen molar-refractivity contribution in [1.29, 1.82) is 0 Å². The van der Waals surface area contributed by atoms with E-state index in [9.17, 15) is 14.3 Å². The predicted octanol–water partition coefficient (Wildman–Crippen LogP) is 5.00. The molecule has 0 radical (unpaired) electrons. The van der Waals surface area contributed by atoms with Gasteiger partial charge in [0.1, 0.15) is 29.2 Å². The average Bonchev–Trinajstić information content (AvgIpc) is 3.52. The van der Waals surface area contributed by atoms with Gasteiger partial charge in [0.25, 0.3) is 0 Å². The Labute approximate surface area is 216 Å². The number of oxazole rings is 1. The Morgan fingerprint density at radius 1 is 1.08 bits per heavy atom. The molecule has 0 bridgehead atoms. The molecule has 2 aromatic carbocycles. The number of rotatable bonds is 5. The fraction of sp³-hybridized carbons (Fsp3) is 0.185. The van der Waals surface area contributed by atoms with Gasteiger partial charge >= 0.3 is 11.9 Å². The quantitative estimate of drug-likeness (QED) is 0.283. The first-order valence-corrected chi connectivity index (χ1v) is 12.2. The number of fused-ring (bicyclic) bond motifs is 1. The number of benzene rings is 2. The van der Waals surface area contributed by atoms with Crippen LogP contribution in [0.1, 0.15) is 12.8 Å². The molecular formula is C27H24FN7O3. The van der Waals surface area contributed by atoms with Crippen LogP contribution in [0, 0.1) is 5.82 Å². The smallest absolute Gasteiger partial charge is 0.321 e. The summed E-state index contributed by atoms with van der Waals surface area (Å²) in [5.41, 5.74) is 3.28. The fourth-order valence-corrected chi connectivity index (χ4v) is 4.61. The number of aromatic hydroxyl groups is 1. The fourth-order valence-electron chi connectivity index (χ4n) is 4.61. The van der Waals surface area contributed by atoms with E-state index >= 15 is 0 Å². The van der Waals surface area contributed by atoms with Crippen molar-refractivity contribution < 1.29 is 18.7 Å². The molecule has 10 nitrogen and oxygen atoms in total. The highest BCUT2D eigenvalue weighted by atomic mass is 19.1. The third-order valence-corrected chi connectivity index (χ3v) is 6.44. The lowest BCUT2D eigenvalue weighted by molar-refractivity contribution is 0.196. The molecule has 0 saturated carbocycles. The zero-order valence-electron chi connectivity index (χ0n) is 20.2. The summed E-state index contributed by atoms with van der Waals surface area (Å²) in [6, 6.07) is 14.0. The van der Waals surface area contributed by atoms with Crippen molar-refractivity contribution in [2.75, 3.05) is 23.7 Å². The minimum Gasteiger partial charge on any atom is -0.508 e. The molecule has 3 aromatic heterocycles. The van der Waals surface area contributed by atoms with Crippen LogP contribution in [0.25, 0.3) is 28.5 Å². The van der Waals surface area contributed by atoms with Gasteiger partial charge in [-0.25, -0.2) is 19.2 Å². The number of carbonyl (C=O) groups is 1. The number of imidazole rings is 1. The summed E-state index contributed by atoms with van der Waals surface area (Å²) in [4.78, 5) is 28.3. The van der Waals surface area contributed by atoms with E-state index in [2.05, 4.69) is 20.6 Å². The third kappa shape index (κ3) is 4.73. The van der Waals surface area contributed by atoms with Crippen molar-refractivity contribution in [1.82, 2.24) is 24.3 Å². The Bertz CT molecular complexity index is 1580. The summed E-state index contributed by atoms with van der Waals surface area (Å²) in [6.45, 7) is 1.12. The summed E-state index contributed by atoms with van der Waals surface area (Å²) in [6.07, 6.45) is 6.65. The molecule has 2 amide bonds. The van der Waals surface area contributed by atoms with Crippen molar-refractivity contribution in [3.05, 3.63) is 79.1 Å². The lowest BCUT2D eigenvalue weighted by atomic mass is 10.1. The van der Waals surface area contributed by atoms with Crippen LogP contribution in [0.15, 0.2) is 77.7 Å². The number of likely N-dealkylation sites (tertiary alicyclic amines) is 1.